The molecule has 3 aromatic carbocycles. The first-order valence-corrected chi connectivity index (χ1v) is 14.0. The Morgan fingerprint density at radius 3 is 2.33 bits per heavy atom. The monoisotopic (exact) mass is 543 g/mol. The van der Waals surface area contributed by atoms with Gasteiger partial charge in [0.1, 0.15) is 6.61 Å². The van der Waals surface area contributed by atoms with Crippen molar-refractivity contribution in [2.24, 2.45) is 0 Å². The number of ether oxygens (including phenoxy) is 3. The minimum Gasteiger partial charge on any atom is -0.493 e. The molecule has 1 heterocycles. The van der Waals surface area contributed by atoms with Crippen molar-refractivity contribution in [2.75, 3.05) is 7.11 Å². The van der Waals surface area contributed by atoms with Gasteiger partial charge in [-0.25, -0.2) is 0 Å². The lowest BCUT2D eigenvalue weighted by atomic mass is 9.90. The second-order valence-corrected chi connectivity index (χ2v) is 11.0. The van der Waals surface area contributed by atoms with Crippen molar-refractivity contribution in [3.8, 4) is 11.5 Å². The third kappa shape index (κ3) is 6.15. The Morgan fingerprint density at radius 2 is 1.68 bits per heavy atom. The van der Waals surface area contributed by atoms with E-state index in [9.17, 15) is 14.7 Å². The Kier molecular flexibility index (Phi) is 8.40. The molecule has 3 aromatic rings. The van der Waals surface area contributed by atoms with Crippen LogP contribution in [0.2, 0.25) is 0 Å². The molecule has 1 aliphatic heterocycles. The number of carboxylic acids is 1. The molecule has 0 radical (unpaired) electrons. The van der Waals surface area contributed by atoms with Gasteiger partial charge < -0.3 is 24.2 Å². The van der Waals surface area contributed by atoms with Crippen LogP contribution in [-0.2, 0) is 33.9 Å². The Balaban J connectivity index is 1.48. The topological polar surface area (TPSA) is 85.3 Å². The lowest BCUT2D eigenvalue weighted by Crippen LogP contribution is -2.48. The maximum Gasteiger partial charge on any atom is 0.305 e. The standard InChI is InChI=1S/C33H37NO6/c1-33(17-9-10-18-33)40-30(24-13-7-4-8-14-24)32(37)34-21-25-15-16-28(38-2)31(27(25)19-26(34)20-29(35)36)39-22-23-11-5-3-6-12-23/h3-8,11-16,26,30H,9-10,17-22H2,1-2H3,(H,35,36)/t26-,30?/m1/s1. The van der Waals surface area contributed by atoms with Crippen molar-refractivity contribution in [2.45, 2.75) is 76.3 Å². The summed E-state index contributed by atoms with van der Waals surface area (Å²) in [6.45, 7) is 2.69. The number of methoxy groups -OCH3 is 1. The van der Waals surface area contributed by atoms with E-state index in [1.165, 1.54) is 0 Å². The maximum atomic E-state index is 14.3. The number of hydrogen-bond acceptors (Lipinski definition) is 5. The molecule has 0 saturated heterocycles. The zero-order chi connectivity index (χ0) is 28.1. The lowest BCUT2D eigenvalue weighted by molar-refractivity contribution is -0.161. The number of amides is 1. The van der Waals surface area contributed by atoms with Gasteiger partial charge in [0.05, 0.1) is 19.1 Å². The summed E-state index contributed by atoms with van der Waals surface area (Å²) in [6.07, 6.45) is 3.28. The average molecular weight is 544 g/mol. The Labute approximate surface area is 235 Å². The summed E-state index contributed by atoms with van der Waals surface area (Å²) in [5.41, 5.74) is 3.20. The van der Waals surface area contributed by atoms with Crippen LogP contribution in [-0.4, -0.2) is 40.6 Å². The third-order valence-electron chi connectivity index (χ3n) is 8.07. The quantitative estimate of drug-likeness (QED) is 0.333. The molecule has 1 amide bonds. The van der Waals surface area contributed by atoms with Crippen molar-refractivity contribution in [1.29, 1.82) is 0 Å². The molecular weight excluding hydrogens is 506 g/mol. The first kappa shape index (κ1) is 27.7. The van der Waals surface area contributed by atoms with Crippen LogP contribution in [0.4, 0.5) is 0 Å². The van der Waals surface area contributed by atoms with Gasteiger partial charge in [0.15, 0.2) is 17.6 Å². The third-order valence-corrected chi connectivity index (χ3v) is 8.07. The Morgan fingerprint density at radius 1 is 1.00 bits per heavy atom. The van der Waals surface area contributed by atoms with E-state index in [0.717, 1.165) is 47.9 Å². The van der Waals surface area contributed by atoms with Gasteiger partial charge in [-0.05, 0) is 48.9 Å². The van der Waals surface area contributed by atoms with Gasteiger partial charge in [0.2, 0.25) is 0 Å². The molecule has 40 heavy (non-hydrogen) atoms. The van der Waals surface area contributed by atoms with Crippen LogP contribution >= 0.6 is 0 Å². The van der Waals surface area contributed by atoms with Crippen molar-refractivity contribution < 1.29 is 28.9 Å². The summed E-state index contributed by atoms with van der Waals surface area (Å²) in [4.78, 5) is 28.0. The predicted octanol–water partition coefficient (Wildman–Crippen LogP) is 6.09. The Hall–Kier alpha value is -3.84. The van der Waals surface area contributed by atoms with Crippen molar-refractivity contribution >= 4 is 11.9 Å². The summed E-state index contributed by atoms with van der Waals surface area (Å²) in [5, 5.41) is 9.84. The molecule has 1 saturated carbocycles. The molecule has 2 aliphatic rings. The summed E-state index contributed by atoms with van der Waals surface area (Å²) in [7, 11) is 1.59. The van der Waals surface area contributed by atoms with E-state index in [-0.39, 0.29) is 18.9 Å². The fourth-order valence-electron chi connectivity index (χ4n) is 5.93. The van der Waals surface area contributed by atoms with Gasteiger partial charge in [-0.3, -0.25) is 9.59 Å². The molecule has 210 valence electrons. The molecule has 1 aliphatic carbocycles. The molecule has 1 N–H and O–H groups in total. The maximum absolute atomic E-state index is 14.3. The average Bonchev–Trinajstić information content (AvgIpc) is 3.40. The lowest BCUT2D eigenvalue weighted by Gasteiger charge is -2.40. The Bertz CT molecular complexity index is 1320. The highest BCUT2D eigenvalue weighted by Crippen LogP contribution is 2.42. The van der Waals surface area contributed by atoms with Gasteiger partial charge in [-0.1, -0.05) is 79.6 Å². The fourth-order valence-corrected chi connectivity index (χ4v) is 5.93. The second-order valence-electron chi connectivity index (χ2n) is 11.0. The summed E-state index contributed by atoms with van der Waals surface area (Å²) >= 11 is 0. The van der Waals surface area contributed by atoms with E-state index in [0.29, 0.717) is 24.5 Å². The van der Waals surface area contributed by atoms with Crippen LogP contribution in [0.15, 0.2) is 72.8 Å². The normalized spacial score (nSPS) is 18.6. The molecule has 7 nitrogen and oxygen atoms in total. The van der Waals surface area contributed by atoms with Gasteiger partial charge in [0.25, 0.3) is 5.91 Å². The van der Waals surface area contributed by atoms with E-state index >= 15 is 0 Å². The van der Waals surface area contributed by atoms with E-state index in [2.05, 4.69) is 6.92 Å². The number of nitrogens with zero attached hydrogens (tertiary/aromatic N) is 1. The van der Waals surface area contributed by atoms with Crippen LogP contribution in [0.3, 0.4) is 0 Å². The molecule has 7 heteroatoms. The van der Waals surface area contributed by atoms with Crippen LogP contribution in [0.5, 0.6) is 11.5 Å². The fraction of sp³-hybridized carbons (Fsp3) is 0.394. The van der Waals surface area contributed by atoms with Gasteiger partial charge in [0, 0.05) is 18.2 Å². The SMILES string of the molecule is COc1ccc2c(c1OCc1ccccc1)C[C@H](CC(=O)O)N(C(=O)C(OC1(C)CCCC1)c1ccccc1)C2. The van der Waals surface area contributed by atoms with E-state index in [1.54, 1.807) is 12.0 Å². The number of carbonyl (C=O) groups is 2. The second kappa shape index (κ2) is 12.1. The number of rotatable bonds is 10. The molecule has 5 rings (SSSR count). The minimum atomic E-state index is -0.958. The van der Waals surface area contributed by atoms with Gasteiger partial charge >= 0.3 is 5.97 Å². The molecular formula is C33H37NO6. The van der Waals surface area contributed by atoms with Crippen molar-refractivity contribution in [3.63, 3.8) is 0 Å². The molecule has 0 bridgehead atoms. The van der Waals surface area contributed by atoms with Gasteiger partial charge in [-0.15, -0.1) is 0 Å². The number of aliphatic carboxylic acids is 1. The highest BCUT2D eigenvalue weighted by Gasteiger charge is 2.41. The van der Waals surface area contributed by atoms with Crippen LogP contribution < -0.4 is 9.47 Å². The highest BCUT2D eigenvalue weighted by atomic mass is 16.5. The predicted molar refractivity (Wildman–Crippen MR) is 151 cm³/mol. The van der Waals surface area contributed by atoms with E-state index in [1.807, 2.05) is 72.8 Å². The first-order chi connectivity index (χ1) is 19.4. The van der Waals surface area contributed by atoms with Crippen LogP contribution in [0, 0.1) is 0 Å². The van der Waals surface area contributed by atoms with Gasteiger partial charge in [-0.2, -0.15) is 0 Å². The number of carbonyl (C=O) groups excluding carboxylic acids is 1. The van der Waals surface area contributed by atoms with Crippen LogP contribution in [0.25, 0.3) is 0 Å². The minimum absolute atomic E-state index is 0.181. The summed E-state index contributed by atoms with van der Waals surface area (Å²) < 4.78 is 18.5. The first-order valence-electron chi connectivity index (χ1n) is 14.0. The highest BCUT2D eigenvalue weighted by molar-refractivity contribution is 5.84. The zero-order valence-electron chi connectivity index (χ0n) is 23.2. The molecule has 2 atom stereocenters. The molecule has 0 spiro atoms. The smallest absolute Gasteiger partial charge is 0.305 e. The molecule has 1 unspecified atom stereocenters. The zero-order valence-corrected chi connectivity index (χ0v) is 23.2. The number of hydrogen-bond donors (Lipinski definition) is 1. The van der Waals surface area contributed by atoms with Crippen molar-refractivity contribution in [1.82, 2.24) is 4.90 Å². The number of benzene rings is 3. The largest absolute Gasteiger partial charge is 0.493 e. The summed E-state index contributed by atoms with van der Waals surface area (Å²) in [5.74, 6) is 0.0171. The number of carboxylic acid groups (broad SMARTS) is 1. The van der Waals surface area contributed by atoms with E-state index in [4.69, 9.17) is 14.2 Å². The van der Waals surface area contributed by atoms with Crippen molar-refractivity contribution in [3.05, 3.63) is 95.1 Å². The summed E-state index contributed by atoms with van der Waals surface area (Å²) in [6, 6.07) is 22.6. The number of fused-ring (bicyclic) bond motifs is 1. The molecule has 1 fully saturated rings. The van der Waals surface area contributed by atoms with Crippen LogP contribution in [0.1, 0.15) is 67.4 Å². The van der Waals surface area contributed by atoms with E-state index < -0.39 is 23.7 Å². The molecule has 0 aromatic heterocycles.